The minimum atomic E-state index is -0.356. The van der Waals surface area contributed by atoms with Gasteiger partial charge < -0.3 is 15.2 Å². The summed E-state index contributed by atoms with van der Waals surface area (Å²) in [5, 5.41) is 0. The number of ether oxygens (including phenoxy) is 2. The molecule has 1 aliphatic rings. The molecule has 18 heavy (non-hydrogen) atoms. The lowest BCUT2D eigenvalue weighted by molar-refractivity contribution is 0.0341. The molecule has 1 aliphatic heterocycles. The number of hydrogen-bond acceptors (Lipinski definition) is 5. The average molecular weight is 250 g/mol. The normalized spacial score (nSPS) is 16.5. The highest BCUT2D eigenvalue weighted by Gasteiger charge is 2.13. The predicted molar refractivity (Wildman–Crippen MR) is 68.3 cm³/mol. The standard InChI is InChI=1S/C13H18N2O3/c1-17-13(16)11-6-10(7-12(14)8-11)9-15-2-4-18-5-3-15/h6-8H,2-5,9,14H2,1H3. The molecule has 0 aliphatic carbocycles. The number of anilines is 1. The van der Waals surface area contributed by atoms with E-state index in [4.69, 9.17) is 15.2 Å². The molecule has 2 rings (SSSR count). The number of nitrogen functional groups attached to an aromatic ring is 1. The second kappa shape index (κ2) is 5.84. The number of carbonyl (C=O) groups excluding carboxylic acids is 1. The fourth-order valence-corrected chi connectivity index (χ4v) is 2.06. The lowest BCUT2D eigenvalue weighted by Gasteiger charge is -2.26. The summed E-state index contributed by atoms with van der Waals surface area (Å²) >= 11 is 0. The maximum atomic E-state index is 11.5. The quantitative estimate of drug-likeness (QED) is 0.637. The SMILES string of the molecule is COC(=O)c1cc(N)cc(CN2CCOCC2)c1. The third-order valence-electron chi connectivity index (χ3n) is 2.95. The van der Waals surface area contributed by atoms with Crippen molar-refractivity contribution in [3.63, 3.8) is 0 Å². The summed E-state index contributed by atoms with van der Waals surface area (Å²) in [6, 6.07) is 5.36. The number of morpholine rings is 1. The van der Waals surface area contributed by atoms with Crippen LogP contribution >= 0.6 is 0 Å². The zero-order valence-corrected chi connectivity index (χ0v) is 10.5. The Morgan fingerprint density at radius 2 is 2.11 bits per heavy atom. The lowest BCUT2D eigenvalue weighted by Crippen LogP contribution is -2.35. The number of esters is 1. The Morgan fingerprint density at radius 3 is 2.78 bits per heavy atom. The van der Waals surface area contributed by atoms with Gasteiger partial charge in [0.2, 0.25) is 0 Å². The van der Waals surface area contributed by atoms with Gasteiger partial charge in [0.15, 0.2) is 0 Å². The van der Waals surface area contributed by atoms with Crippen LogP contribution in [0.25, 0.3) is 0 Å². The van der Waals surface area contributed by atoms with E-state index in [1.165, 1.54) is 7.11 Å². The molecule has 98 valence electrons. The second-order valence-corrected chi connectivity index (χ2v) is 4.34. The Hall–Kier alpha value is -1.59. The lowest BCUT2D eigenvalue weighted by atomic mass is 10.1. The first kappa shape index (κ1) is 12.9. The minimum Gasteiger partial charge on any atom is -0.465 e. The van der Waals surface area contributed by atoms with Crippen LogP contribution < -0.4 is 5.73 Å². The smallest absolute Gasteiger partial charge is 0.337 e. The Morgan fingerprint density at radius 1 is 1.39 bits per heavy atom. The molecule has 2 N–H and O–H groups in total. The Bertz CT molecular complexity index is 428. The van der Waals surface area contributed by atoms with E-state index in [0.717, 1.165) is 38.4 Å². The van der Waals surface area contributed by atoms with Gasteiger partial charge in [-0.1, -0.05) is 0 Å². The molecule has 1 heterocycles. The molecule has 5 nitrogen and oxygen atoms in total. The van der Waals surface area contributed by atoms with E-state index in [2.05, 4.69) is 4.90 Å². The van der Waals surface area contributed by atoms with E-state index in [9.17, 15) is 4.79 Å². The van der Waals surface area contributed by atoms with E-state index in [1.54, 1.807) is 6.07 Å². The molecule has 1 aromatic rings. The molecule has 0 bridgehead atoms. The number of nitrogens with zero attached hydrogens (tertiary/aromatic N) is 1. The Labute approximate surface area is 106 Å². The van der Waals surface area contributed by atoms with Crippen LogP contribution in [0.3, 0.4) is 0 Å². The van der Waals surface area contributed by atoms with Gasteiger partial charge in [-0.3, -0.25) is 4.90 Å². The van der Waals surface area contributed by atoms with Gasteiger partial charge in [-0.15, -0.1) is 0 Å². The molecular formula is C13H18N2O3. The monoisotopic (exact) mass is 250 g/mol. The Balaban J connectivity index is 2.11. The van der Waals surface area contributed by atoms with Crippen molar-refractivity contribution in [2.24, 2.45) is 0 Å². The fourth-order valence-electron chi connectivity index (χ4n) is 2.06. The highest BCUT2D eigenvalue weighted by molar-refractivity contribution is 5.90. The summed E-state index contributed by atoms with van der Waals surface area (Å²) in [5.74, 6) is -0.356. The first-order valence-electron chi connectivity index (χ1n) is 5.97. The van der Waals surface area contributed by atoms with E-state index < -0.39 is 0 Å². The summed E-state index contributed by atoms with van der Waals surface area (Å²) < 4.78 is 10.0. The van der Waals surface area contributed by atoms with Crippen molar-refractivity contribution < 1.29 is 14.3 Å². The van der Waals surface area contributed by atoms with Crippen LogP contribution in [0.5, 0.6) is 0 Å². The van der Waals surface area contributed by atoms with Gasteiger partial charge in [-0.2, -0.15) is 0 Å². The van der Waals surface area contributed by atoms with Crippen molar-refractivity contribution in [2.45, 2.75) is 6.54 Å². The number of benzene rings is 1. The van der Waals surface area contributed by atoms with E-state index in [-0.39, 0.29) is 5.97 Å². The van der Waals surface area contributed by atoms with Gasteiger partial charge >= 0.3 is 5.97 Å². The Kier molecular flexibility index (Phi) is 4.17. The van der Waals surface area contributed by atoms with Gasteiger partial charge in [-0.05, 0) is 23.8 Å². The van der Waals surface area contributed by atoms with Crippen LogP contribution in [0.2, 0.25) is 0 Å². The first-order valence-corrected chi connectivity index (χ1v) is 5.97. The fraction of sp³-hybridized carbons (Fsp3) is 0.462. The third kappa shape index (κ3) is 3.21. The number of nitrogens with two attached hydrogens (primary N) is 1. The molecule has 0 saturated carbocycles. The molecule has 1 saturated heterocycles. The van der Waals surface area contributed by atoms with E-state index >= 15 is 0 Å². The number of methoxy groups -OCH3 is 1. The first-order chi connectivity index (χ1) is 8.69. The summed E-state index contributed by atoms with van der Waals surface area (Å²) in [4.78, 5) is 13.8. The van der Waals surface area contributed by atoms with Crippen LogP contribution in [-0.2, 0) is 16.0 Å². The number of rotatable bonds is 3. The number of hydrogen-bond donors (Lipinski definition) is 1. The van der Waals surface area contributed by atoms with Gasteiger partial charge in [-0.25, -0.2) is 4.79 Å². The molecular weight excluding hydrogens is 232 g/mol. The molecule has 0 aromatic heterocycles. The van der Waals surface area contributed by atoms with Gasteiger partial charge in [0, 0.05) is 25.3 Å². The van der Waals surface area contributed by atoms with Gasteiger partial charge in [0.1, 0.15) is 0 Å². The van der Waals surface area contributed by atoms with Crippen LogP contribution in [0.15, 0.2) is 18.2 Å². The molecule has 5 heteroatoms. The van der Waals surface area contributed by atoms with E-state index in [0.29, 0.717) is 11.3 Å². The molecule has 1 aromatic carbocycles. The highest BCUT2D eigenvalue weighted by atomic mass is 16.5. The van der Waals surface area contributed by atoms with Gasteiger partial charge in [0.25, 0.3) is 0 Å². The zero-order chi connectivity index (χ0) is 13.0. The van der Waals surface area contributed by atoms with Crippen molar-refractivity contribution in [3.8, 4) is 0 Å². The summed E-state index contributed by atoms with van der Waals surface area (Å²) in [5.41, 5.74) is 7.92. The molecule has 0 radical (unpaired) electrons. The maximum Gasteiger partial charge on any atom is 0.337 e. The molecule has 0 unspecified atom stereocenters. The maximum absolute atomic E-state index is 11.5. The van der Waals surface area contributed by atoms with Crippen molar-refractivity contribution in [1.29, 1.82) is 0 Å². The van der Waals surface area contributed by atoms with Crippen molar-refractivity contribution in [3.05, 3.63) is 29.3 Å². The van der Waals surface area contributed by atoms with E-state index in [1.807, 2.05) is 12.1 Å². The van der Waals surface area contributed by atoms with Crippen LogP contribution in [0.4, 0.5) is 5.69 Å². The van der Waals surface area contributed by atoms with Crippen molar-refractivity contribution in [1.82, 2.24) is 4.90 Å². The minimum absolute atomic E-state index is 0.356. The summed E-state index contributed by atoms with van der Waals surface area (Å²) in [6.07, 6.45) is 0. The van der Waals surface area contributed by atoms with Gasteiger partial charge in [0.05, 0.1) is 25.9 Å². The molecule has 1 fully saturated rings. The summed E-state index contributed by atoms with van der Waals surface area (Å²) in [7, 11) is 1.37. The van der Waals surface area contributed by atoms with Crippen LogP contribution in [0, 0.1) is 0 Å². The topological polar surface area (TPSA) is 64.8 Å². The molecule has 0 amide bonds. The average Bonchev–Trinajstić information content (AvgIpc) is 2.38. The van der Waals surface area contributed by atoms with Crippen molar-refractivity contribution in [2.75, 3.05) is 39.1 Å². The highest BCUT2D eigenvalue weighted by Crippen LogP contribution is 2.15. The van der Waals surface area contributed by atoms with Crippen LogP contribution in [-0.4, -0.2) is 44.3 Å². The molecule has 0 spiro atoms. The number of carbonyl (C=O) groups is 1. The predicted octanol–water partition coefficient (Wildman–Crippen LogP) is 0.888. The van der Waals surface area contributed by atoms with Crippen LogP contribution in [0.1, 0.15) is 15.9 Å². The third-order valence-corrected chi connectivity index (χ3v) is 2.95. The summed E-state index contributed by atoms with van der Waals surface area (Å²) in [6.45, 7) is 4.10. The second-order valence-electron chi connectivity index (χ2n) is 4.34. The zero-order valence-electron chi connectivity index (χ0n) is 10.5. The van der Waals surface area contributed by atoms with Crippen molar-refractivity contribution >= 4 is 11.7 Å². The largest absolute Gasteiger partial charge is 0.465 e. The molecule has 0 atom stereocenters.